The Labute approximate surface area is 162 Å². The van der Waals surface area contributed by atoms with Crippen LogP contribution in [0, 0.1) is 11.3 Å². The van der Waals surface area contributed by atoms with E-state index in [1.54, 1.807) is 11.0 Å². The van der Waals surface area contributed by atoms with Crippen molar-refractivity contribution in [1.82, 2.24) is 24.6 Å². The van der Waals surface area contributed by atoms with Crippen molar-refractivity contribution in [3.05, 3.63) is 12.7 Å². The number of nitrogens with zero attached hydrogens (tertiary/aromatic N) is 5. The van der Waals surface area contributed by atoms with Gasteiger partial charge in [-0.2, -0.15) is 5.10 Å². The van der Waals surface area contributed by atoms with Crippen LogP contribution in [0.25, 0.3) is 0 Å². The smallest absolute Gasteiger partial charge is 0.222 e. The first-order chi connectivity index (χ1) is 13.0. The van der Waals surface area contributed by atoms with Gasteiger partial charge in [0.1, 0.15) is 12.7 Å². The molecule has 1 aromatic rings. The zero-order valence-electron chi connectivity index (χ0n) is 16.8. The number of hydrogen-bond donors (Lipinski definition) is 0. The van der Waals surface area contributed by atoms with Gasteiger partial charge in [-0.3, -0.25) is 14.3 Å². The molecular weight excluding hydrogens is 342 g/mol. The van der Waals surface area contributed by atoms with Crippen LogP contribution in [0.15, 0.2) is 12.7 Å². The van der Waals surface area contributed by atoms with E-state index in [0.717, 1.165) is 64.8 Å². The second-order valence-corrected chi connectivity index (χ2v) is 8.68. The predicted octanol–water partition coefficient (Wildman–Crippen LogP) is 2.34. The van der Waals surface area contributed by atoms with Crippen molar-refractivity contribution in [2.75, 3.05) is 26.2 Å². The summed E-state index contributed by atoms with van der Waals surface area (Å²) >= 11 is 0. The fourth-order valence-corrected chi connectivity index (χ4v) is 4.37. The monoisotopic (exact) mass is 375 g/mol. The molecule has 0 saturated carbocycles. The van der Waals surface area contributed by atoms with E-state index in [9.17, 15) is 9.59 Å². The van der Waals surface area contributed by atoms with Crippen LogP contribution in [0.1, 0.15) is 58.8 Å². The molecule has 0 aliphatic carbocycles. The van der Waals surface area contributed by atoms with Crippen molar-refractivity contribution >= 4 is 11.8 Å². The van der Waals surface area contributed by atoms with E-state index in [4.69, 9.17) is 0 Å². The lowest BCUT2D eigenvalue weighted by Crippen LogP contribution is -2.55. The van der Waals surface area contributed by atoms with Crippen LogP contribution < -0.4 is 0 Å². The van der Waals surface area contributed by atoms with Gasteiger partial charge >= 0.3 is 0 Å². The molecule has 1 spiro atoms. The Hall–Kier alpha value is -1.92. The van der Waals surface area contributed by atoms with Crippen molar-refractivity contribution in [3.8, 4) is 0 Å². The molecule has 1 atom stereocenters. The Morgan fingerprint density at radius 1 is 1.26 bits per heavy atom. The summed E-state index contributed by atoms with van der Waals surface area (Å²) in [6.07, 6.45) is 9.31. The number of amides is 2. The van der Waals surface area contributed by atoms with Gasteiger partial charge in [0, 0.05) is 51.0 Å². The Balaban J connectivity index is 1.52. The third-order valence-corrected chi connectivity index (χ3v) is 5.98. The minimum absolute atomic E-state index is 0.102. The SMILES string of the molecule is CC(C)CCN1C[C@@]2(CCCN(C(=O)CCCn3cncn3)C2)CCC1=O. The van der Waals surface area contributed by atoms with Gasteiger partial charge in [-0.15, -0.1) is 0 Å². The van der Waals surface area contributed by atoms with Gasteiger partial charge in [0.2, 0.25) is 11.8 Å². The predicted molar refractivity (Wildman–Crippen MR) is 103 cm³/mol. The number of rotatable bonds is 7. The highest BCUT2D eigenvalue weighted by Gasteiger charge is 2.42. The number of piperidine rings is 2. The van der Waals surface area contributed by atoms with Crippen molar-refractivity contribution in [2.45, 2.75) is 65.3 Å². The van der Waals surface area contributed by atoms with Gasteiger partial charge in [-0.1, -0.05) is 13.8 Å². The summed E-state index contributed by atoms with van der Waals surface area (Å²) in [6, 6.07) is 0. The van der Waals surface area contributed by atoms with Gasteiger partial charge in [0.05, 0.1) is 0 Å². The average molecular weight is 376 g/mol. The van der Waals surface area contributed by atoms with Gasteiger partial charge in [-0.25, -0.2) is 4.98 Å². The Bertz CT molecular complexity index is 630. The van der Waals surface area contributed by atoms with E-state index in [2.05, 4.69) is 28.8 Å². The lowest BCUT2D eigenvalue weighted by molar-refractivity contribution is -0.143. The zero-order chi connectivity index (χ0) is 19.3. The van der Waals surface area contributed by atoms with Crippen LogP contribution in [0.4, 0.5) is 0 Å². The van der Waals surface area contributed by atoms with E-state index >= 15 is 0 Å². The topological polar surface area (TPSA) is 71.3 Å². The maximum Gasteiger partial charge on any atom is 0.222 e. The van der Waals surface area contributed by atoms with E-state index < -0.39 is 0 Å². The highest BCUT2D eigenvalue weighted by molar-refractivity contribution is 5.78. The highest BCUT2D eigenvalue weighted by atomic mass is 16.2. The number of aryl methyl sites for hydroxylation is 1. The third-order valence-electron chi connectivity index (χ3n) is 5.98. The number of carbonyl (C=O) groups excluding carboxylic acids is 2. The molecule has 2 fully saturated rings. The Kier molecular flexibility index (Phi) is 6.50. The average Bonchev–Trinajstić information content (AvgIpc) is 3.16. The molecule has 0 bridgehead atoms. The van der Waals surface area contributed by atoms with Crippen LogP contribution in [0.5, 0.6) is 0 Å². The third kappa shape index (κ3) is 5.30. The number of hydrogen-bond acceptors (Lipinski definition) is 4. The second kappa shape index (κ2) is 8.85. The molecule has 150 valence electrons. The molecule has 0 aromatic carbocycles. The zero-order valence-corrected chi connectivity index (χ0v) is 16.8. The van der Waals surface area contributed by atoms with Gasteiger partial charge in [0.15, 0.2) is 0 Å². The van der Waals surface area contributed by atoms with E-state index in [0.29, 0.717) is 18.8 Å². The molecular formula is C20H33N5O2. The summed E-state index contributed by atoms with van der Waals surface area (Å²) in [5.74, 6) is 1.13. The first-order valence-electron chi connectivity index (χ1n) is 10.4. The second-order valence-electron chi connectivity index (χ2n) is 8.68. The molecule has 2 aliphatic rings. The quantitative estimate of drug-likeness (QED) is 0.733. The van der Waals surface area contributed by atoms with Crippen LogP contribution in [0.3, 0.4) is 0 Å². The fraction of sp³-hybridized carbons (Fsp3) is 0.800. The van der Waals surface area contributed by atoms with Crippen molar-refractivity contribution in [3.63, 3.8) is 0 Å². The normalized spacial score (nSPS) is 23.4. The molecule has 2 aliphatic heterocycles. The lowest BCUT2D eigenvalue weighted by atomic mass is 9.73. The summed E-state index contributed by atoms with van der Waals surface area (Å²) in [5.41, 5.74) is 0.102. The molecule has 27 heavy (non-hydrogen) atoms. The van der Waals surface area contributed by atoms with Gasteiger partial charge in [-0.05, 0) is 38.0 Å². The Morgan fingerprint density at radius 2 is 2.11 bits per heavy atom. The lowest BCUT2D eigenvalue weighted by Gasteiger charge is -2.48. The standard InChI is InChI=1S/C20H33N5O2/c1-17(2)7-12-24-14-20(9-6-19(24)27)8-4-10-23(13-20)18(26)5-3-11-25-16-21-15-22-25/h15-17H,3-14H2,1-2H3/t20-/m0/s1. The number of carbonyl (C=O) groups is 2. The maximum atomic E-state index is 12.7. The van der Waals surface area contributed by atoms with Crippen molar-refractivity contribution in [1.29, 1.82) is 0 Å². The molecule has 7 heteroatoms. The van der Waals surface area contributed by atoms with Crippen molar-refractivity contribution in [2.24, 2.45) is 11.3 Å². The van der Waals surface area contributed by atoms with Gasteiger partial charge < -0.3 is 9.80 Å². The summed E-state index contributed by atoms with van der Waals surface area (Å²) in [5, 5.41) is 4.08. The maximum absolute atomic E-state index is 12.7. The fourth-order valence-electron chi connectivity index (χ4n) is 4.37. The molecule has 7 nitrogen and oxygen atoms in total. The molecule has 1 aromatic heterocycles. The molecule has 0 N–H and O–H groups in total. The first-order valence-corrected chi connectivity index (χ1v) is 10.4. The van der Waals surface area contributed by atoms with Crippen LogP contribution in [0.2, 0.25) is 0 Å². The van der Waals surface area contributed by atoms with E-state index in [-0.39, 0.29) is 17.2 Å². The van der Waals surface area contributed by atoms with E-state index in [1.165, 1.54) is 6.33 Å². The number of likely N-dealkylation sites (tertiary alicyclic amines) is 2. The summed E-state index contributed by atoms with van der Waals surface area (Å²) < 4.78 is 1.77. The minimum atomic E-state index is 0.102. The van der Waals surface area contributed by atoms with Crippen LogP contribution in [-0.2, 0) is 16.1 Å². The molecule has 3 rings (SSSR count). The Morgan fingerprint density at radius 3 is 2.85 bits per heavy atom. The molecule has 2 amide bonds. The summed E-state index contributed by atoms with van der Waals surface area (Å²) in [6.45, 7) is 8.45. The van der Waals surface area contributed by atoms with Crippen molar-refractivity contribution < 1.29 is 9.59 Å². The van der Waals surface area contributed by atoms with Crippen LogP contribution in [-0.4, -0.2) is 62.6 Å². The highest BCUT2D eigenvalue weighted by Crippen LogP contribution is 2.39. The number of aromatic nitrogens is 3. The summed E-state index contributed by atoms with van der Waals surface area (Å²) in [4.78, 5) is 33.1. The molecule has 2 saturated heterocycles. The largest absolute Gasteiger partial charge is 0.342 e. The minimum Gasteiger partial charge on any atom is -0.342 e. The first kappa shape index (κ1) is 19.8. The molecule has 3 heterocycles. The molecule has 0 radical (unpaired) electrons. The van der Waals surface area contributed by atoms with Gasteiger partial charge in [0.25, 0.3) is 0 Å². The van der Waals surface area contributed by atoms with Crippen LogP contribution >= 0.6 is 0 Å². The van der Waals surface area contributed by atoms with E-state index in [1.807, 2.05) is 4.90 Å². The summed E-state index contributed by atoms with van der Waals surface area (Å²) in [7, 11) is 0. The molecule has 0 unspecified atom stereocenters.